The number of ether oxygens (including phenoxy) is 1. The molecule has 0 aliphatic carbocycles. The first-order chi connectivity index (χ1) is 8.08. The van der Waals surface area contributed by atoms with Crippen LogP contribution in [0.4, 0.5) is 0 Å². The van der Waals surface area contributed by atoms with Gasteiger partial charge in [0.2, 0.25) is 0 Å². The smallest absolute Gasteiger partial charge is 0.163 e. The quantitative estimate of drug-likeness (QED) is 0.715. The van der Waals surface area contributed by atoms with Crippen molar-refractivity contribution in [3.63, 3.8) is 0 Å². The predicted molar refractivity (Wildman–Crippen MR) is 63.0 cm³/mol. The number of likely N-dealkylation sites (N-methyl/N-ethyl adjacent to an activating group) is 1. The van der Waals surface area contributed by atoms with Crippen LogP contribution in [0.25, 0.3) is 0 Å². The average molecular weight is 235 g/mol. The van der Waals surface area contributed by atoms with Gasteiger partial charge in [-0.25, -0.2) is 9.97 Å². The van der Waals surface area contributed by atoms with Crippen LogP contribution in [0.2, 0.25) is 0 Å². The molecule has 1 saturated heterocycles. The van der Waals surface area contributed by atoms with Gasteiger partial charge in [-0.1, -0.05) is 0 Å². The molecule has 1 aromatic rings. The summed E-state index contributed by atoms with van der Waals surface area (Å²) < 4.78 is 5.64. The molecule has 0 amide bonds. The van der Waals surface area contributed by atoms with Crippen molar-refractivity contribution in [2.24, 2.45) is 0 Å². The Hall–Kier alpha value is -1.33. The van der Waals surface area contributed by atoms with Crippen molar-refractivity contribution in [3.05, 3.63) is 23.3 Å². The zero-order valence-corrected chi connectivity index (χ0v) is 10.4. The van der Waals surface area contributed by atoms with E-state index in [1.54, 1.807) is 6.20 Å². The molecule has 5 heteroatoms. The number of hydrogen-bond donors (Lipinski definition) is 0. The summed E-state index contributed by atoms with van der Waals surface area (Å²) in [5, 5.41) is 0. The van der Waals surface area contributed by atoms with Gasteiger partial charge in [0.25, 0.3) is 0 Å². The van der Waals surface area contributed by atoms with E-state index in [0.717, 1.165) is 18.8 Å². The monoisotopic (exact) mass is 235 g/mol. The molecule has 0 aromatic carbocycles. The highest BCUT2D eigenvalue weighted by molar-refractivity contribution is 5.94. The zero-order valence-electron chi connectivity index (χ0n) is 10.4. The molecule has 1 atom stereocenters. The van der Waals surface area contributed by atoms with Gasteiger partial charge in [0.1, 0.15) is 6.10 Å². The summed E-state index contributed by atoms with van der Waals surface area (Å²) in [6.07, 6.45) is 1.51. The molecule has 0 bridgehead atoms. The molecule has 1 aromatic heterocycles. The van der Waals surface area contributed by atoms with Crippen LogP contribution in [0.15, 0.2) is 6.20 Å². The highest BCUT2D eigenvalue weighted by Gasteiger charge is 2.22. The van der Waals surface area contributed by atoms with Crippen LogP contribution < -0.4 is 0 Å². The molecule has 5 nitrogen and oxygen atoms in total. The maximum Gasteiger partial charge on any atom is 0.163 e. The van der Waals surface area contributed by atoms with Gasteiger partial charge in [0.05, 0.1) is 17.9 Å². The average Bonchev–Trinajstić information content (AvgIpc) is 2.28. The van der Waals surface area contributed by atoms with Gasteiger partial charge in [0, 0.05) is 19.3 Å². The number of nitrogens with zero attached hydrogens (tertiary/aromatic N) is 3. The summed E-state index contributed by atoms with van der Waals surface area (Å²) in [5.74, 6) is 0.662. The van der Waals surface area contributed by atoms with Gasteiger partial charge in [0.15, 0.2) is 11.6 Å². The number of Topliss-reactive ketones (excluding diaryl/α,β-unsaturated/α-hetero) is 1. The van der Waals surface area contributed by atoms with Crippen molar-refractivity contribution >= 4 is 5.78 Å². The summed E-state index contributed by atoms with van der Waals surface area (Å²) >= 11 is 0. The Morgan fingerprint density at radius 1 is 1.59 bits per heavy atom. The molecular weight excluding hydrogens is 218 g/mol. The van der Waals surface area contributed by atoms with Crippen LogP contribution >= 0.6 is 0 Å². The third-order valence-electron chi connectivity index (χ3n) is 2.93. The molecule has 17 heavy (non-hydrogen) atoms. The zero-order chi connectivity index (χ0) is 12.4. The molecule has 1 unspecified atom stereocenters. The predicted octanol–water partition coefficient (Wildman–Crippen LogP) is 0.991. The summed E-state index contributed by atoms with van der Waals surface area (Å²) in [6.45, 7) is 5.77. The molecule has 1 aliphatic heterocycles. The number of ketones is 1. The van der Waals surface area contributed by atoms with Gasteiger partial charge in [-0.3, -0.25) is 4.79 Å². The van der Waals surface area contributed by atoms with E-state index < -0.39 is 0 Å². The number of carbonyl (C=O) groups excluding carboxylic acids is 1. The third kappa shape index (κ3) is 2.68. The largest absolute Gasteiger partial charge is 0.368 e. The van der Waals surface area contributed by atoms with Gasteiger partial charge >= 0.3 is 0 Å². The highest BCUT2D eigenvalue weighted by Crippen LogP contribution is 2.19. The number of morpholine rings is 1. The first kappa shape index (κ1) is 12.1. The van der Waals surface area contributed by atoms with E-state index in [9.17, 15) is 4.79 Å². The van der Waals surface area contributed by atoms with Crippen molar-refractivity contribution in [2.75, 3.05) is 26.7 Å². The van der Waals surface area contributed by atoms with E-state index in [1.807, 2.05) is 14.0 Å². The van der Waals surface area contributed by atoms with Crippen LogP contribution in [0.1, 0.15) is 34.9 Å². The number of aromatic nitrogens is 2. The number of hydrogen-bond acceptors (Lipinski definition) is 5. The summed E-state index contributed by atoms with van der Waals surface area (Å²) in [5.41, 5.74) is 1.30. The Kier molecular flexibility index (Phi) is 3.49. The second kappa shape index (κ2) is 4.89. The number of aryl methyl sites for hydroxylation is 1. The summed E-state index contributed by atoms with van der Waals surface area (Å²) in [7, 11) is 2.05. The van der Waals surface area contributed by atoms with Crippen molar-refractivity contribution in [1.82, 2.24) is 14.9 Å². The lowest BCUT2D eigenvalue weighted by molar-refractivity contribution is -0.0255. The lowest BCUT2D eigenvalue weighted by Gasteiger charge is -2.29. The normalized spacial score (nSPS) is 21.5. The summed E-state index contributed by atoms with van der Waals surface area (Å²) in [4.78, 5) is 22.1. The van der Waals surface area contributed by atoms with Gasteiger partial charge in [-0.2, -0.15) is 0 Å². The molecule has 0 spiro atoms. The fraction of sp³-hybridized carbons (Fsp3) is 0.583. The van der Waals surface area contributed by atoms with E-state index in [0.29, 0.717) is 18.0 Å². The van der Waals surface area contributed by atoms with E-state index >= 15 is 0 Å². The minimum absolute atomic E-state index is 0.00395. The topological polar surface area (TPSA) is 55.3 Å². The Labute approximate surface area is 101 Å². The molecule has 0 radical (unpaired) electrons. The van der Waals surface area contributed by atoms with Crippen molar-refractivity contribution < 1.29 is 9.53 Å². The molecular formula is C12H17N3O2. The minimum Gasteiger partial charge on any atom is -0.368 e. The van der Waals surface area contributed by atoms with Gasteiger partial charge in [-0.05, 0) is 20.9 Å². The molecule has 92 valence electrons. The number of rotatable bonds is 2. The lowest BCUT2D eigenvalue weighted by Crippen LogP contribution is -2.36. The van der Waals surface area contributed by atoms with Crippen LogP contribution in [-0.2, 0) is 4.74 Å². The van der Waals surface area contributed by atoms with Crippen LogP contribution in [0.5, 0.6) is 0 Å². The Morgan fingerprint density at radius 2 is 2.35 bits per heavy atom. The SMILES string of the molecule is CC(=O)c1cnc(C2CN(C)CCO2)nc1C. The van der Waals surface area contributed by atoms with Crippen LogP contribution in [-0.4, -0.2) is 47.4 Å². The standard InChI is InChI=1S/C12H17N3O2/c1-8-10(9(2)16)6-13-12(14-8)11-7-15(3)4-5-17-11/h6,11H,4-5,7H2,1-3H3. The van der Waals surface area contributed by atoms with Gasteiger partial charge < -0.3 is 9.64 Å². The lowest BCUT2D eigenvalue weighted by atomic mass is 10.1. The fourth-order valence-electron chi connectivity index (χ4n) is 1.92. The van der Waals surface area contributed by atoms with Crippen molar-refractivity contribution in [1.29, 1.82) is 0 Å². The molecule has 1 aliphatic rings. The number of carbonyl (C=O) groups is 1. The van der Waals surface area contributed by atoms with Crippen LogP contribution in [0.3, 0.4) is 0 Å². The van der Waals surface area contributed by atoms with E-state index in [4.69, 9.17) is 4.74 Å². The highest BCUT2D eigenvalue weighted by atomic mass is 16.5. The third-order valence-corrected chi connectivity index (χ3v) is 2.93. The molecule has 1 fully saturated rings. The molecule has 0 N–H and O–H groups in total. The second-order valence-electron chi connectivity index (χ2n) is 4.41. The van der Waals surface area contributed by atoms with Crippen molar-refractivity contribution in [2.45, 2.75) is 20.0 Å². The van der Waals surface area contributed by atoms with E-state index in [2.05, 4.69) is 14.9 Å². The summed E-state index contributed by atoms with van der Waals surface area (Å²) in [6, 6.07) is 0. The first-order valence-electron chi connectivity index (χ1n) is 5.72. The Balaban J connectivity index is 2.22. The maximum atomic E-state index is 11.3. The maximum absolute atomic E-state index is 11.3. The second-order valence-corrected chi connectivity index (χ2v) is 4.41. The van der Waals surface area contributed by atoms with E-state index in [-0.39, 0.29) is 11.9 Å². The molecule has 0 saturated carbocycles. The minimum atomic E-state index is -0.0894. The fourth-order valence-corrected chi connectivity index (χ4v) is 1.92. The Bertz CT molecular complexity index is 434. The Morgan fingerprint density at radius 3 is 2.94 bits per heavy atom. The van der Waals surface area contributed by atoms with Gasteiger partial charge in [-0.15, -0.1) is 0 Å². The van der Waals surface area contributed by atoms with Crippen molar-refractivity contribution in [3.8, 4) is 0 Å². The first-order valence-corrected chi connectivity index (χ1v) is 5.72. The molecule has 2 heterocycles. The van der Waals surface area contributed by atoms with E-state index in [1.165, 1.54) is 6.92 Å². The molecule has 2 rings (SSSR count). The van der Waals surface area contributed by atoms with Crippen LogP contribution in [0, 0.1) is 6.92 Å².